The highest BCUT2D eigenvalue weighted by molar-refractivity contribution is 5.88. The Morgan fingerprint density at radius 1 is 1.10 bits per heavy atom. The summed E-state index contributed by atoms with van der Waals surface area (Å²) in [6.45, 7) is 9.35. The van der Waals surface area contributed by atoms with E-state index in [1.807, 2.05) is 23.9 Å². The molecule has 0 saturated heterocycles. The summed E-state index contributed by atoms with van der Waals surface area (Å²) >= 11 is 0. The lowest BCUT2D eigenvalue weighted by atomic mass is 9.85. The van der Waals surface area contributed by atoms with E-state index in [1.165, 1.54) is 0 Å². The molecule has 0 saturated carbocycles. The molecule has 0 radical (unpaired) electrons. The van der Waals surface area contributed by atoms with E-state index in [-0.39, 0.29) is 11.0 Å². The Morgan fingerprint density at radius 2 is 1.76 bits per heavy atom. The summed E-state index contributed by atoms with van der Waals surface area (Å²) in [5, 5.41) is 9.09. The first-order valence-electron chi connectivity index (χ1n) is 9.85. The normalized spacial score (nSPS) is 11.5. The number of benzene rings is 2. The molecule has 152 valence electrons. The number of ether oxygens (including phenoxy) is 1. The lowest BCUT2D eigenvalue weighted by molar-refractivity contribution is 0.0697. The first-order valence-corrected chi connectivity index (χ1v) is 9.85. The van der Waals surface area contributed by atoms with Crippen molar-refractivity contribution in [2.75, 3.05) is 6.61 Å². The van der Waals surface area contributed by atoms with Crippen molar-refractivity contribution in [3.63, 3.8) is 0 Å². The van der Waals surface area contributed by atoms with Crippen LogP contribution in [0.5, 0.6) is 5.75 Å². The Bertz CT molecular complexity index is 1010. The quantitative estimate of drug-likeness (QED) is 0.598. The number of aromatic carboxylic acids is 1. The first kappa shape index (κ1) is 20.6. The van der Waals surface area contributed by atoms with Gasteiger partial charge >= 0.3 is 5.97 Å². The van der Waals surface area contributed by atoms with Crippen LogP contribution < -0.4 is 4.74 Å². The standard InChI is InChI=1S/C24H28N2O3/c1-6-13-29-21-12-11-18(14-19(21)24(2,3)4)20-15-25-22(26(20)5)16-7-9-17(10-8-16)23(27)28/h7-12,14-15H,6,13H2,1-5H3,(H,27,28). The maximum atomic E-state index is 11.1. The number of carboxylic acid groups (broad SMARTS) is 1. The third-order valence-electron chi connectivity index (χ3n) is 4.92. The van der Waals surface area contributed by atoms with E-state index in [0.29, 0.717) is 6.61 Å². The molecule has 3 aromatic rings. The molecule has 0 aliphatic carbocycles. The van der Waals surface area contributed by atoms with Crippen LogP contribution in [0.3, 0.4) is 0 Å². The number of imidazole rings is 1. The van der Waals surface area contributed by atoms with Crippen LogP contribution in [0.1, 0.15) is 50.0 Å². The van der Waals surface area contributed by atoms with Crippen LogP contribution in [0.2, 0.25) is 0 Å². The van der Waals surface area contributed by atoms with Gasteiger partial charge in [0.05, 0.1) is 24.1 Å². The minimum Gasteiger partial charge on any atom is -0.493 e. The SMILES string of the molecule is CCCOc1ccc(-c2cnc(-c3ccc(C(=O)O)cc3)n2C)cc1C(C)(C)C. The second-order valence-electron chi connectivity index (χ2n) is 8.22. The lowest BCUT2D eigenvalue weighted by Crippen LogP contribution is -2.14. The van der Waals surface area contributed by atoms with E-state index in [2.05, 4.69) is 44.8 Å². The van der Waals surface area contributed by atoms with Gasteiger partial charge < -0.3 is 14.4 Å². The van der Waals surface area contributed by atoms with Crippen molar-refractivity contribution in [3.05, 3.63) is 59.8 Å². The van der Waals surface area contributed by atoms with E-state index >= 15 is 0 Å². The van der Waals surface area contributed by atoms with Crippen molar-refractivity contribution >= 4 is 5.97 Å². The van der Waals surface area contributed by atoms with Gasteiger partial charge in [-0.15, -0.1) is 0 Å². The van der Waals surface area contributed by atoms with E-state index in [1.54, 1.807) is 24.3 Å². The Labute approximate surface area is 172 Å². The summed E-state index contributed by atoms with van der Waals surface area (Å²) in [5.74, 6) is 0.785. The van der Waals surface area contributed by atoms with E-state index in [4.69, 9.17) is 9.84 Å². The van der Waals surface area contributed by atoms with Crippen LogP contribution in [0, 0.1) is 0 Å². The molecule has 0 atom stereocenters. The molecule has 0 amide bonds. The predicted molar refractivity (Wildman–Crippen MR) is 116 cm³/mol. The van der Waals surface area contributed by atoms with Crippen LogP contribution in [-0.2, 0) is 12.5 Å². The molecule has 29 heavy (non-hydrogen) atoms. The van der Waals surface area contributed by atoms with Crippen LogP contribution in [-0.4, -0.2) is 27.2 Å². The molecule has 1 heterocycles. The highest BCUT2D eigenvalue weighted by atomic mass is 16.5. The second-order valence-corrected chi connectivity index (χ2v) is 8.22. The minimum absolute atomic E-state index is 0.0484. The van der Waals surface area contributed by atoms with Gasteiger partial charge in [-0.05, 0) is 42.2 Å². The van der Waals surface area contributed by atoms with Gasteiger partial charge in [-0.3, -0.25) is 0 Å². The average Bonchev–Trinajstić information content (AvgIpc) is 3.07. The van der Waals surface area contributed by atoms with Crippen LogP contribution >= 0.6 is 0 Å². The molecule has 2 aromatic carbocycles. The molecule has 0 unspecified atom stereocenters. The van der Waals surface area contributed by atoms with Gasteiger partial charge in [0.25, 0.3) is 0 Å². The molecular weight excluding hydrogens is 364 g/mol. The molecule has 5 nitrogen and oxygen atoms in total. The molecule has 1 N–H and O–H groups in total. The summed E-state index contributed by atoms with van der Waals surface area (Å²) in [6, 6.07) is 13.1. The summed E-state index contributed by atoms with van der Waals surface area (Å²) in [6.07, 6.45) is 2.83. The number of aromatic nitrogens is 2. The van der Waals surface area contributed by atoms with E-state index in [0.717, 1.165) is 40.4 Å². The Hall–Kier alpha value is -3.08. The lowest BCUT2D eigenvalue weighted by Gasteiger charge is -2.24. The maximum Gasteiger partial charge on any atom is 0.335 e. The van der Waals surface area contributed by atoms with Gasteiger partial charge in [0, 0.05) is 23.7 Å². The largest absolute Gasteiger partial charge is 0.493 e. The van der Waals surface area contributed by atoms with Crippen LogP contribution in [0.15, 0.2) is 48.7 Å². The summed E-state index contributed by atoms with van der Waals surface area (Å²) in [4.78, 5) is 15.7. The third kappa shape index (κ3) is 4.34. The Kier molecular flexibility index (Phi) is 5.78. The fraction of sp³-hybridized carbons (Fsp3) is 0.333. The molecule has 0 aliphatic heterocycles. The maximum absolute atomic E-state index is 11.1. The van der Waals surface area contributed by atoms with Crippen molar-refractivity contribution in [1.29, 1.82) is 0 Å². The fourth-order valence-electron chi connectivity index (χ4n) is 3.32. The number of carboxylic acids is 1. The highest BCUT2D eigenvalue weighted by Crippen LogP contribution is 2.36. The van der Waals surface area contributed by atoms with Crippen molar-refractivity contribution in [1.82, 2.24) is 9.55 Å². The predicted octanol–water partition coefficient (Wildman–Crippen LogP) is 5.54. The van der Waals surface area contributed by atoms with Crippen molar-refractivity contribution in [2.24, 2.45) is 7.05 Å². The van der Waals surface area contributed by atoms with Gasteiger partial charge in [0.2, 0.25) is 0 Å². The van der Waals surface area contributed by atoms with E-state index in [9.17, 15) is 4.79 Å². The summed E-state index contributed by atoms with van der Waals surface area (Å²) in [7, 11) is 1.97. The van der Waals surface area contributed by atoms with Crippen molar-refractivity contribution in [2.45, 2.75) is 39.5 Å². The molecule has 0 aliphatic rings. The highest BCUT2D eigenvalue weighted by Gasteiger charge is 2.21. The van der Waals surface area contributed by atoms with Crippen LogP contribution in [0.4, 0.5) is 0 Å². The molecule has 0 spiro atoms. The number of hydrogen-bond acceptors (Lipinski definition) is 3. The van der Waals surface area contributed by atoms with Crippen molar-refractivity contribution in [3.8, 4) is 28.4 Å². The first-order chi connectivity index (χ1) is 13.7. The average molecular weight is 392 g/mol. The summed E-state index contributed by atoms with van der Waals surface area (Å²) in [5.41, 5.74) is 4.32. The van der Waals surface area contributed by atoms with Gasteiger partial charge in [-0.1, -0.05) is 39.8 Å². The monoisotopic (exact) mass is 392 g/mol. The Balaban J connectivity index is 2.00. The van der Waals surface area contributed by atoms with Gasteiger partial charge in [0.15, 0.2) is 0 Å². The summed E-state index contributed by atoms with van der Waals surface area (Å²) < 4.78 is 8.00. The minimum atomic E-state index is -0.933. The van der Waals surface area contributed by atoms with Gasteiger partial charge in [-0.25, -0.2) is 9.78 Å². The fourth-order valence-corrected chi connectivity index (χ4v) is 3.32. The van der Waals surface area contributed by atoms with Crippen molar-refractivity contribution < 1.29 is 14.6 Å². The molecule has 5 heteroatoms. The zero-order valence-electron chi connectivity index (χ0n) is 17.7. The number of nitrogens with zero attached hydrogens (tertiary/aromatic N) is 2. The smallest absolute Gasteiger partial charge is 0.335 e. The molecule has 1 aromatic heterocycles. The zero-order valence-corrected chi connectivity index (χ0v) is 17.7. The number of hydrogen-bond donors (Lipinski definition) is 1. The second kappa shape index (κ2) is 8.11. The zero-order chi connectivity index (χ0) is 21.2. The topological polar surface area (TPSA) is 64.3 Å². The molecule has 0 bridgehead atoms. The van der Waals surface area contributed by atoms with Gasteiger partial charge in [-0.2, -0.15) is 0 Å². The molecule has 3 rings (SSSR count). The van der Waals surface area contributed by atoms with E-state index < -0.39 is 5.97 Å². The Morgan fingerprint density at radius 3 is 2.34 bits per heavy atom. The molecular formula is C24H28N2O3. The van der Waals surface area contributed by atoms with Gasteiger partial charge in [0.1, 0.15) is 11.6 Å². The number of carbonyl (C=O) groups is 1. The molecule has 0 fully saturated rings. The number of rotatable bonds is 6. The third-order valence-corrected chi connectivity index (χ3v) is 4.92. The van der Waals surface area contributed by atoms with Crippen LogP contribution in [0.25, 0.3) is 22.6 Å².